The van der Waals surface area contributed by atoms with Gasteiger partial charge in [0.15, 0.2) is 0 Å². The van der Waals surface area contributed by atoms with Gasteiger partial charge in [0.25, 0.3) is 0 Å². The van der Waals surface area contributed by atoms with Crippen LogP contribution in [-0.4, -0.2) is 34.4 Å². The molecule has 0 aromatic heterocycles. The fourth-order valence-electron chi connectivity index (χ4n) is 1.88. The van der Waals surface area contributed by atoms with E-state index in [0.29, 0.717) is 6.54 Å². The van der Waals surface area contributed by atoms with Gasteiger partial charge in [0.1, 0.15) is 5.88 Å². The summed E-state index contributed by atoms with van der Waals surface area (Å²) in [6, 6.07) is 9.66. The van der Waals surface area contributed by atoms with E-state index in [-0.39, 0.29) is 17.8 Å². The van der Waals surface area contributed by atoms with Crippen LogP contribution in [-0.2, 0) is 4.79 Å². The molecule has 1 fully saturated rings. The van der Waals surface area contributed by atoms with Crippen LogP contribution in [0.3, 0.4) is 0 Å². The maximum atomic E-state index is 11.6. The van der Waals surface area contributed by atoms with Crippen molar-refractivity contribution in [3.63, 3.8) is 0 Å². The molecule has 1 amide bonds. The van der Waals surface area contributed by atoms with Gasteiger partial charge in [-0.25, -0.2) is 0 Å². The monoisotopic (exact) mass is 253 g/mol. The van der Waals surface area contributed by atoms with Crippen LogP contribution in [0.15, 0.2) is 30.3 Å². The first-order chi connectivity index (χ1) is 8.22. The number of halogens is 1. The summed E-state index contributed by atoms with van der Waals surface area (Å²) >= 11 is 5.58. The van der Waals surface area contributed by atoms with E-state index in [9.17, 15) is 9.90 Å². The van der Waals surface area contributed by atoms with E-state index in [1.807, 2.05) is 30.3 Å². The Labute approximate surface area is 106 Å². The third-order valence-corrected chi connectivity index (χ3v) is 3.20. The van der Waals surface area contributed by atoms with Crippen LogP contribution in [0.4, 0.5) is 0 Å². The second-order valence-electron chi connectivity index (χ2n) is 4.34. The number of hydrogen-bond acceptors (Lipinski definition) is 2. The minimum atomic E-state index is -0.635. The van der Waals surface area contributed by atoms with E-state index in [1.165, 1.54) is 0 Å². The Hall–Kier alpha value is -1.06. The molecule has 1 atom stereocenters. The van der Waals surface area contributed by atoms with Gasteiger partial charge in [-0.3, -0.25) is 4.79 Å². The summed E-state index contributed by atoms with van der Waals surface area (Å²) in [5.41, 5.74) is 0.834. The molecule has 1 aromatic rings. The summed E-state index contributed by atoms with van der Waals surface area (Å²) in [7, 11) is 0. The molecule has 4 heteroatoms. The van der Waals surface area contributed by atoms with Crippen molar-refractivity contribution in [2.24, 2.45) is 0 Å². The molecule has 92 valence electrons. The van der Waals surface area contributed by atoms with Gasteiger partial charge in [-0.2, -0.15) is 0 Å². The third-order valence-electron chi connectivity index (χ3n) is 2.98. The normalized spacial score (nSPS) is 16.6. The smallest absolute Gasteiger partial charge is 0.237 e. The van der Waals surface area contributed by atoms with E-state index in [1.54, 1.807) is 4.90 Å². The highest BCUT2D eigenvalue weighted by atomic mass is 35.5. The molecule has 0 bridgehead atoms. The van der Waals surface area contributed by atoms with Crippen molar-refractivity contribution in [1.82, 2.24) is 4.90 Å². The van der Waals surface area contributed by atoms with Gasteiger partial charge in [-0.1, -0.05) is 30.3 Å². The Morgan fingerprint density at radius 1 is 1.41 bits per heavy atom. The summed E-state index contributed by atoms with van der Waals surface area (Å²) in [6.45, 7) is 0.334. The lowest BCUT2D eigenvalue weighted by Gasteiger charge is -2.24. The van der Waals surface area contributed by atoms with Gasteiger partial charge in [0.2, 0.25) is 5.91 Å². The summed E-state index contributed by atoms with van der Waals surface area (Å²) in [5.74, 6) is -0.109. The predicted molar refractivity (Wildman–Crippen MR) is 66.9 cm³/mol. The van der Waals surface area contributed by atoms with E-state index in [0.717, 1.165) is 18.4 Å². The topological polar surface area (TPSA) is 40.5 Å². The molecule has 0 radical (unpaired) electrons. The van der Waals surface area contributed by atoms with Crippen molar-refractivity contribution >= 4 is 17.5 Å². The van der Waals surface area contributed by atoms with E-state index in [4.69, 9.17) is 11.6 Å². The highest BCUT2D eigenvalue weighted by molar-refractivity contribution is 6.27. The summed E-state index contributed by atoms with van der Waals surface area (Å²) in [5, 5.41) is 10.1. The number of amides is 1. The molecular formula is C13H16ClNO2. The molecule has 1 aliphatic carbocycles. The molecule has 1 aliphatic rings. The quantitative estimate of drug-likeness (QED) is 0.815. The SMILES string of the molecule is O=C(CCl)N(CC(O)c1ccccc1)C1CC1. The van der Waals surface area contributed by atoms with Crippen molar-refractivity contribution < 1.29 is 9.90 Å². The number of alkyl halides is 1. The molecule has 3 nitrogen and oxygen atoms in total. The summed E-state index contributed by atoms with van der Waals surface area (Å²) in [6.07, 6.45) is 1.40. The first-order valence-electron chi connectivity index (χ1n) is 5.81. The second kappa shape index (κ2) is 5.52. The van der Waals surface area contributed by atoms with Gasteiger partial charge in [-0.05, 0) is 18.4 Å². The summed E-state index contributed by atoms with van der Waals surface area (Å²) < 4.78 is 0. The molecule has 0 aliphatic heterocycles. The van der Waals surface area contributed by atoms with Crippen molar-refractivity contribution in [2.75, 3.05) is 12.4 Å². The lowest BCUT2D eigenvalue weighted by Crippen LogP contribution is -2.37. The van der Waals surface area contributed by atoms with E-state index in [2.05, 4.69) is 0 Å². The average molecular weight is 254 g/mol. The maximum Gasteiger partial charge on any atom is 0.237 e. The first-order valence-corrected chi connectivity index (χ1v) is 6.34. The third kappa shape index (κ3) is 3.20. The molecule has 0 saturated heterocycles. The lowest BCUT2D eigenvalue weighted by atomic mass is 10.1. The minimum Gasteiger partial charge on any atom is -0.387 e. The Balaban J connectivity index is 2.00. The van der Waals surface area contributed by atoms with Crippen LogP contribution < -0.4 is 0 Å². The average Bonchev–Trinajstić information content (AvgIpc) is 3.20. The molecule has 1 aromatic carbocycles. The highest BCUT2D eigenvalue weighted by Gasteiger charge is 2.33. The number of carbonyl (C=O) groups is 1. The number of nitrogens with zero attached hydrogens (tertiary/aromatic N) is 1. The van der Waals surface area contributed by atoms with E-state index >= 15 is 0 Å². The van der Waals surface area contributed by atoms with Gasteiger partial charge >= 0.3 is 0 Å². The predicted octanol–water partition coefficient (Wildman–Crippen LogP) is 1.95. The fourth-order valence-corrected chi connectivity index (χ4v) is 2.04. The molecule has 17 heavy (non-hydrogen) atoms. The van der Waals surface area contributed by atoms with Gasteiger partial charge in [0, 0.05) is 6.04 Å². The molecule has 1 unspecified atom stereocenters. The first kappa shape index (κ1) is 12.4. The Kier molecular flexibility index (Phi) is 4.02. The van der Waals surface area contributed by atoms with Crippen LogP contribution in [0.25, 0.3) is 0 Å². The number of aliphatic hydroxyl groups excluding tert-OH is 1. The van der Waals surface area contributed by atoms with Gasteiger partial charge in [0.05, 0.1) is 12.6 Å². The number of aliphatic hydroxyl groups is 1. The lowest BCUT2D eigenvalue weighted by molar-refractivity contribution is -0.130. The zero-order chi connectivity index (χ0) is 12.3. The van der Waals surface area contributed by atoms with Crippen molar-refractivity contribution in [3.8, 4) is 0 Å². The Bertz CT molecular complexity index is 378. The molecule has 2 rings (SSSR count). The molecular weight excluding hydrogens is 238 g/mol. The largest absolute Gasteiger partial charge is 0.387 e. The number of rotatable bonds is 5. The van der Waals surface area contributed by atoms with Crippen LogP contribution in [0, 0.1) is 0 Å². The Morgan fingerprint density at radius 2 is 2.06 bits per heavy atom. The Morgan fingerprint density at radius 3 is 2.59 bits per heavy atom. The fraction of sp³-hybridized carbons (Fsp3) is 0.462. The summed E-state index contributed by atoms with van der Waals surface area (Å²) in [4.78, 5) is 13.3. The van der Waals surface area contributed by atoms with E-state index < -0.39 is 6.10 Å². The number of hydrogen-bond donors (Lipinski definition) is 1. The van der Waals surface area contributed by atoms with Gasteiger partial charge in [-0.15, -0.1) is 11.6 Å². The van der Waals surface area contributed by atoms with Crippen molar-refractivity contribution in [3.05, 3.63) is 35.9 Å². The number of carbonyl (C=O) groups excluding carboxylic acids is 1. The van der Waals surface area contributed by atoms with Gasteiger partial charge < -0.3 is 10.0 Å². The zero-order valence-corrected chi connectivity index (χ0v) is 10.3. The van der Waals surface area contributed by atoms with Crippen molar-refractivity contribution in [1.29, 1.82) is 0 Å². The van der Waals surface area contributed by atoms with Crippen LogP contribution in [0.2, 0.25) is 0 Å². The second-order valence-corrected chi connectivity index (χ2v) is 4.60. The molecule has 0 heterocycles. The van der Waals surface area contributed by atoms with Crippen LogP contribution in [0.1, 0.15) is 24.5 Å². The van der Waals surface area contributed by atoms with Crippen LogP contribution in [0.5, 0.6) is 0 Å². The standard InChI is InChI=1S/C13H16ClNO2/c14-8-13(17)15(11-6-7-11)9-12(16)10-4-2-1-3-5-10/h1-5,11-12,16H,6-9H2. The van der Waals surface area contributed by atoms with Crippen LogP contribution >= 0.6 is 11.6 Å². The zero-order valence-electron chi connectivity index (χ0n) is 9.55. The molecule has 0 spiro atoms. The highest BCUT2D eigenvalue weighted by Crippen LogP contribution is 2.29. The number of benzene rings is 1. The molecule has 1 saturated carbocycles. The van der Waals surface area contributed by atoms with Crippen molar-refractivity contribution in [2.45, 2.75) is 25.0 Å². The molecule has 1 N–H and O–H groups in total. The minimum absolute atomic E-state index is 0.0159. The maximum absolute atomic E-state index is 11.6.